The molecule has 0 fully saturated rings. The highest BCUT2D eigenvalue weighted by atomic mass is 16.2. The summed E-state index contributed by atoms with van der Waals surface area (Å²) in [6, 6.07) is 13.7. The van der Waals surface area contributed by atoms with Crippen molar-refractivity contribution in [2.45, 2.75) is 66.5 Å². The Morgan fingerprint density at radius 2 is 1.66 bits per heavy atom. The van der Waals surface area contributed by atoms with Crippen LogP contribution < -0.4 is 5.32 Å². The summed E-state index contributed by atoms with van der Waals surface area (Å²) in [5.74, 6) is -0.0855. The molecule has 0 saturated heterocycles. The number of amides is 2. The largest absolute Gasteiger partial charge is 0.354 e. The summed E-state index contributed by atoms with van der Waals surface area (Å²) in [4.78, 5) is 28.0. The molecule has 2 amide bonds. The summed E-state index contributed by atoms with van der Waals surface area (Å²) in [5.41, 5.74) is 5.46. The Labute approximate surface area is 175 Å². The van der Waals surface area contributed by atoms with E-state index in [-0.39, 0.29) is 11.8 Å². The first-order valence-electron chi connectivity index (χ1n) is 10.5. The maximum atomic E-state index is 13.4. The van der Waals surface area contributed by atoms with Crippen LogP contribution in [-0.4, -0.2) is 29.3 Å². The van der Waals surface area contributed by atoms with Gasteiger partial charge < -0.3 is 10.2 Å². The normalized spacial score (nSPS) is 11.8. The van der Waals surface area contributed by atoms with Crippen molar-refractivity contribution < 1.29 is 9.59 Å². The van der Waals surface area contributed by atoms with Gasteiger partial charge in [0.1, 0.15) is 6.04 Å². The standard InChI is InChI=1S/C25H34N2O2/c1-6-14-26-25(29)23(7-2)27(17-21-11-9-8-10-19(21)4)24(28)16-22-15-18(3)12-13-20(22)5/h8-13,15,23H,6-7,14,16-17H2,1-5H3,(H,26,29)/t23-/m0/s1. The second-order valence-electron chi connectivity index (χ2n) is 7.77. The average Bonchev–Trinajstić information content (AvgIpc) is 2.70. The number of nitrogens with zero attached hydrogens (tertiary/aromatic N) is 1. The number of carbonyl (C=O) groups is 2. The van der Waals surface area contributed by atoms with E-state index in [9.17, 15) is 9.59 Å². The highest BCUT2D eigenvalue weighted by Crippen LogP contribution is 2.19. The molecule has 0 spiro atoms. The van der Waals surface area contributed by atoms with Crippen LogP contribution in [-0.2, 0) is 22.6 Å². The Balaban J connectivity index is 2.33. The van der Waals surface area contributed by atoms with Gasteiger partial charge in [-0.2, -0.15) is 0 Å². The summed E-state index contributed by atoms with van der Waals surface area (Å²) in [6.07, 6.45) is 1.76. The van der Waals surface area contributed by atoms with Crippen molar-refractivity contribution in [2.24, 2.45) is 0 Å². The molecule has 0 bridgehead atoms. The highest BCUT2D eigenvalue weighted by Gasteiger charge is 2.29. The monoisotopic (exact) mass is 394 g/mol. The summed E-state index contributed by atoms with van der Waals surface area (Å²) >= 11 is 0. The molecule has 2 aromatic carbocycles. The van der Waals surface area contributed by atoms with Crippen molar-refractivity contribution in [1.29, 1.82) is 0 Å². The number of benzene rings is 2. The van der Waals surface area contributed by atoms with Gasteiger partial charge in [0, 0.05) is 13.1 Å². The molecule has 2 rings (SSSR count). The van der Waals surface area contributed by atoms with Gasteiger partial charge in [-0.1, -0.05) is 61.9 Å². The van der Waals surface area contributed by atoms with E-state index >= 15 is 0 Å². The molecule has 29 heavy (non-hydrogen) atoms. The van der Waals surface area contributed by atoms with E-state index in [0.717, 1.165) is 34.2 Å². The Bertz CT molecular complexity index is 844. The Kier molecular flexibility index (Phi) is 8.44. The molecule has 0 saturated carbocycles. The van der Waals surface area contributed by atoms with E-state index in [4.69, 9.17) is 0 Å². The lowest BCUT2D eigenvalue weighted by Gasteiger charge is -2.31. The lowest BCUT2D eigenvalue weighted by Crippen LogP contribution is -2.49. The number of aryl methyl sites for hydroxylation is 3. The molecule has 2 aromatic rings. The number of carbonyl (C=O) groups excluding carboxylic acids is 2. The van der Waals surface area contributed by atoms with Crippen LogP contribution in [0.4, 0.5) is 0 Å². The molecule has 1 N–H and O–H groups in total. The molecule has 1 atom stereocenters. The molecule has 0 heterocycles. The minimum Gasteiger partial charge on any atom is -0.354 e. The van der Waals surface area contributed by atoms with Gasteiger partial charge in [-0.3, -0.25) is 9.59 Å². The zero-order valence-electron chi connectivity index (χ0n) is 18.4. The molecule has 0 aliphatic heterocycles. The fourth-order valence-corrected chi connectivity index (χ4v) is 3.51. The van der Waals surface area contributed by atoms with E-state index in [1.165, 1.54) is 0 Å². The van der Waals surface area contributed by atoms with E-state index in [0.29, 0.717) is 25.9 Å². The summed E-state index contributed by atoms with van der Waals surface area (Å²) in [7, 11) is 0. The maximum Gasteiger partial charge on any atom is 0.242 e. The molecule has 4 nitrogen and oxygen atoms in total. The molecule has 0 unspecified atom stereocenters. The highest BCUT2D eigenvalue weighted by molar-refractivity contribution is 5.88. The third-order valence-corrected chi connectivity index (χ3v) is 5.38. The summed E-state index contributed by atoms with van der Waals surface area (Å²) in [5, 5.41) is 2.97. The van der Waals surface area contributed by atoms with Gasteiger partial charge in [-0.25, -0.2) is 0 Å². The lowest BCUT2D eigenvalue weighted by atomic mass is 10.0. The second kappa shape index (κ2) is 10.8. The predicted molar refractivity (Wildman–Crippen MR) is 119 cm³/mol. The van der Waals surface area contributed by atoms with Crippen LogP contribution >= 0.6 is 0 Å². The van der Waals surface area contributed by atoms with Crippen molar-refractivity contribution in [2.75, 3.05) is 6.54 Å². The number of nitrogens with one attached hydrogen (secondary N) is 1. The molecule has 4 heteroatoms. The minimum atomic E-state index is -0.473. The average molecular weight is 395 g/mol. The molecular formula is C25H34N2O2. The van der Waals surface area contributed by atoms with Crippen molar-refractivity contribution in [3.63, 3.8) is 0 Å². The van der Waals surface area contributed by atoms with Gasteiger partial charge in [0.25, 0.3) is 0 Å². The fraction of sp³-hybridized carbons (Fsp3) is 0.440. The van der Waals surface area contributed by atoms with E-state index in [1.54, 1.807) is 4.90 Å². The fourth-order valence-electron chi connectivity index (χ4n) is 3.51. The quantitative estimate of drug-likeness (QED) is 0.681. The summed E-state index contributed by atoms with van der Waals surface area (Å²) in [6.45, 7) is 11.2. The van der Waals surface area contributed by atoms with Crippen LogP contribution in [0.25, 0.3) is 0 Å². The van der Waals surface area contributed by atoms with Crippen LogP contribution in [0.1, 0.15) is 54.5 Å². The molecule has 0 radical (unpaired) electrons. The first kappa shape index (κ1) is 22.7. The number of hydrogen-bond acceptors (Lipinski definition) is 2. The van der Waals surface area contributed by atoms with E-state index in [2.05, 4.69) is 23.5 Å². The third kappa shape index (κ3) is 6.18. The lowest BCUT2D eigenvalue weighted by molar-refractivity contribution is -0.140. The van der Waals surface area contributed by atoms with Crippen LogP contribution in [0.3, 0.4) is 0 Å². The van der Waals surface area contributed by atoms with Gasteiger partial charge in [0.05, 0.1) is 6.42 Å². The first-order valence-corrected chi connectivity index (χ1v) is 10.5. The number of rotatable bonds is 9. The van der Waals surface area contributed by atoms with Gasteiger partial charge in [0.15, 0.2) is 0 Å². The molecule has 156 valence electrons. The second-order valence-corrected chi connectivity index (χ2v) is 7.77. The number of hydrogen-bond donors (Lipinski definition) is 1. The first-order chi connectivity index (χ1) is 13.9. The summed E-state index contributed by atoms with van der Waals surface area (Å²) < 4.78 is 0. The topological polar surface area (TPSA) is 49.4 Å². The molecular weight excluding hydrogens is 360 g/mol. The van der Waals surface area contributed by atoms with E-state index in [1.807, 2.05) is 58.9 Å². The van der Waals surface area contributed by atoms with Crippen LogP contribution in [0.5, 0.6) is 0 Å². The third-order valence-electron chi connectivity index (χ3n) is 5.38. The van der Waals surface area contributed by atoms with Crippen LogP contribution in [0.2, 0.25) is 0 Å². The van der Waals surface area contributed by atoms with Crippen LogP contribution in [0.15, 0.2) is 42.5 Å². The van der Waals surface area contributed by atoms with Crippen molar-refractivity contribution in [3.05, 3.63) is 70.3 Å². The molecule has 0 aliphatic carbocycles. The van der Waals surface area contributed by atoms with Crippen molar-refractivity contribution in [3.8, 4) is 0 Å². The van der Waals surface area contributed by atoms with E-state index < -0.39 is 6.04 Å². The van der Waals surface area contributed by atoms with Gasteiger partial charge in [-0.05, 0) is 55.9 Å². The SMILES string of the molecule is CCCNC(=O)[C@H](CC)N(Cc1ccccc1C)C(=O)Cc1cc(C)ccc1C. The van der Waals surface area contributed by atoms with Crippen molar-refractivity contribution >= 4 is 11.8 Å². The molecule has 0 aromatic heterocycles. The Hall–Kier alpha value is -2.62. The zero-order chi connectivity index (χ0) is 21.4. The smallest absolute Gasteiger partial charge is 0.242 e. The Morgan fingerprint density at radius 3 is 2.31 bits per heavy atom. The molecule has 0 aliphatic rings. The van der Waals surface area contributed by atoms with Gasteiger partial charge >= 0.3 is 0 Å². The van der Waals surface area contributed by atoms with Gasteiger partial charge in [-0.15, -0.1) is 0 Å². The zero-order valence-corrected chi connectivity index (χ0v) is 18.4. The van der Waals surface area contributed by atoms with Gasteiger partial charge in [0.2, 0.25) is 11.8 Å². The minimum absolute atomic E-state index is 0.0135. The predicted octanol–water partition coefficient (Wildman–Crippen LogP) is 4.49. The Morgan fingerprint density at radius 1 is 0.966 bits per heavy atom. The van der Waals surface area contributed by atoms with Crippen LogP contribution in [0, 0.1) is 20.8 Å². The maximum absolute atomic E-state index is 13.4. The van der Waals surface area contributed by atoms with Crippen molar-refractivity contribution in [1.82, 2.24) is 10.2 Å².